The van der Waals surface area contributed by atoms with E-state index in [9.17, 15) is 0 Å². The largest absolute Gasteiger partial charge is 0.313 e. The lowest BCUT2D eigenvalue weighted by atomic mass is 9.94. The molecular weight excluding hydrogens is 196 g/mol. The molecule has 2 unspecified atom stereocenters. The first-order valence-electron chi connectivity index (χ1n) is 6.72. The smallest absolute Gasteiger partial charge is 0.0220 e. The standard InChI is InChI=1S/C14H32N2/c1-8-12(3)13(15-9-2)10-16(7)11-14(4,5)6/h12-13,15H,8-11H2,1-7H3. The lowest BCUT2D eigenvalue weighted by Gasteiger charge is -2.32. The summed E-state index contributed by atoms with van der Waals surface area (Å²) < 4.78 is 0. The van der Waals surface area contributed by atoms with Gasteiger partial charge in [-0.25, -0.2) is 0 Å². The van der Waals surface area contributed by atoms with E-state index in [1.807, 2.05) is 0 Å². The van der Waals surface area contributed by atoms with Crippen molar-refractivity contribution < 1.29 is 0 Å². The highest BCUT2D eigenvalue weighted by molar-refractivity contribution is 4.77. The van der Waals surface area contributed by atoms with Gasteiger partial charge in [-0.05, 0) is 24.9 Å². The van der Waals surface area contributed by atoms with E-state index in [0.29, 0.717) is 11.5 Å². The van der Waals surface area contributed by atoms with Crippen LogP contribution < -0.4 is 5.32 Å². The number of likely N-dealkylation sites (N-methyl/N-ethyl adjacent to an activating group) is 2. The van der Waals surface area contributed by atoms with Gasteiger partial charge in [0.05, 0.1) is 0 Å². The molecule has 98 valence electrons. The molecule has 16 heavy (non-hydrogen) atoms. The van der Waals surface area contributed by atoms with Crippen molar-refractivity contribution >= 4 is 0 Å². The number of rotatable bonds is 7. The predicted molar refractivity (Wildman–Crippen MR) is 73.9 cm³/mol. The third-order valence-electron chi connectivity index (χ3n) is 3.05. The van der Waals surface area contributed by atoms with Gasteiger partial charge in [0.1, 0.15) is 0 Å². The van der Waals surface area contributed by atoms with Gasteiger partial charge in [-0.2, -0.15) is 0 Å². The monoisotopic (exact) mass is 228 g/mol. The summed E-state index contributed by atoms with van der Waals surface area (Å²) in [6.07, 6.45) is 1.25. The van der Waals surface area contributed by atoms with Crippen molar-refractivity contribution in [2.45, 2.75) is 54.0 Å². The molecule has 0 saturated carbocycles. The molecule has 0 aliphatic heterocycles. The van der Waals surface area contributed by atoms with Crippen LogP contribution in [0.15, 0.2) is 0 Å². The average molecular weight is 228 g/mol. The Morgan fingerprint density at radius 3 is 2.12 bits per heavy atom. The molecule has 0 saturated heterocycles. The van der Waals surface area contributed by atoms with Crippen LogP contribution in [0.4, 0.5) is 0 Å². The highest BCUT2D eigenvalue weighted by Crippen LogP contribution is 2.16. The lowest BCUT2D eigenvalue weighted by molar-refractivity contribution is 0.188. The molecule has 0 aromatic heterocycles. The summed E-state index contributed by atoms with van der Waals surface area (Å²) in [4.78, 5) is 2.46. The van der Waals surface area contributed by atoms with Crippen LogP contribution in [0.3, 0.4) is 0 Å². The molecule has 0 bridgehead atoms. The molecule has 1 N–H and O–H groups in total. The van der Waals surface area contributed by atoms with Gasteiger partial charge in [0.25, 0.3) is 0 Å². The fourth-order valence-corrected chi connectivity index (χ4v) is 2.20. The predicted octanol–water partition coefficient (Wildman–Crippen LogP) is 2.99. The molecule has 0 aromatic rings. The van der Waals surface area contributed by atoms with Crippen molar-refractivity contribution in [3.63, 3.8) is 0 Å². The molecule has 0 radical (unpaired) electrons. The first-order chi connectivity index (χ1) is 7.30. The van der Waals surface area contributed by atoms with Gasteiger partial charge in [0.15, 0.2) is 0 Å². The summed E-state index contributed by atoms with van der Waals surface area (Å²) in [6, 6.07) is 0.627. The third kappa shape index (κ3) is 7.24. The second kappa shape index (κ2) is 7.29. The van der Waals surface area contributed by atoms with Crippen LogP contribution in [-0.4, -0.2) is 37.6 Å². The maximum Gasteiger partial charge on any atom is 0.0220 e. The van der Waals surface area contributed by atoms with E-state index in [1.165, 1.54) is 6.42 Å². The van der Waals surface area contributed by atoms with Gasteiger partial charge in [-0.3, -0.25) is 0 Å². The maximum absolute atomic E-state index is 3.61. The second-order valence-electron chi connectivity index (χ2n) is 6.31. The molecular formula is C14H32N2. The van der Waals surface area contributed by atoms with E-state index in [0.717, 1.165) is 25.6 Å². The summed E-state index contributed by atoms with van der Waals surface area (Å²) in [6.45, 7) is 17.1. The number of nitrogens with zero attached hydrogens (tertiary/aromatic N) is 1. The Balaban J connectivity index is 4.17. The van der Waals surface area contributed by atoms with E-state index in [4.69, 9.17) is 0 Å². The molecule has 2 nitrogen and oxygen atoms in total. The van der Waals surface area contributed by atoms with E-state index >= 15 is 0 Å². The van der Waals surface area contributed by atoms with Crippen molar-refractivity contribution in [3.05, 3.63) is 0 Å². The highest BCUT2D eigenvalue weighted by atomic mass is 15.1. The number of hydrogen-bond acceptors (Lipinski definition) is 2. The summed E-state index contributed by atoms with van der Waals surface area (Å²) in [7, 11) is 2.23. The molecule has 0 aromatic carbocycles. The zero-order valence-electron chi connectivity index (χ0n) is 12.4. The Morgan fingerprint density at radius 1 is 1.19 bits per heavy atom. The van der Waals surface area contributed by atoms with Crippen LogP contribution in [0.5, 0.6) is 0 Å². The van der Waals surface area contributed by atoms with Crippen molar-refractivity contribution in [2.24, 2.45) is 11.3 Å². The van der Waals surface area contributed by atoms with Gasteiger partial charge in [-0.1, -0.05) is 48.0 Å². The molecule has 2 atom stereocenters. The van der Waals surface area contributed by atoms with Crippen molar-refractivity contribution in [1.82, 2.24) is 10.2 Å². The third-order valence-corrected chi connectivity index (χ3v) is 3.05. The summed E-state index contributed by atoms with van der Waals surface area (Å²) in [5, 5.41) is 3.61. The molecule has 0 aliphatic rings. The van der Waals surface area contributed by atoms with E-state index in [2.05, 4.69) is 58.8 Å². The van der Waals surface area contributed by atoms with Crippen LogP contribution in [0.2, 0.25) is 0 Å². The van der Waals surface area contributed by atoms with E-state index < -0.39 is 0 Å². The Kier molecular flexibility index (Phi) is 7.25. The van der Waals surface area contributed by atoms with Gasteiger partial charge < -0.3 is 10.2 Å². The molecule has 0 amide bonds. The Labute approximate surface area is 103 Å². The zero-order valence-corrected chi connectivity index (χ0v) is 12.4. The summed E-state index contributed by atoms with van der Waals surface area (Å²) in [5.41, 5.74) is 0.390. The second-order valence-corrected chi connectivity index (χ2v) is 6.31. The van der Waals surface area contributed by atoms with Gasteiger partial charge in [0.2, 0.25) is 0 Å². The zero-order chi connectivity index (χ0) is 12.8. The molecule has 0 aliphatic carbocycles. The van der Waals surface area contributed by atoms with Crippen LogP contribution in [0, 0.1) is 11.3 Å². The van der Waals surface area contributed by atoms with Crippen molar-refractivity contribution in [1.29, 1.82) is 0 Å². The topological polar surface area (TPSA) is 15.3 Å². The minimum Gasteiger partial charge on any atom is -0.313 e. The quantitative estimate of drug-likeness (QED) is 0.720. The molecule has 0 fully saturated rings. The summed E-state index contributed by atoms with van der Waals surface area (Å²) in [5.74, 6) is 0.752. The Hall–Kier alpha value is -0.0800. The van der Waals surface area contributed by atoms with Gasteiger partial charge in [0, 0.05) is 19.1 Å². The van der Waals surface area contributed by atoms with Crippen molar-refractivity contribution in [3.8, 4) is 0 Å². The van der Waals surface area contributed by atoms with Crippen LogP contribution in [0.1, 0.15) is 48.0 Å². The minimum atomic E-state index is 0.390. The van der Waals surface area contributed by atoms with Gasteiger partial charge >= 0.3 is 0 Å². The molecule has 2 heteroatoms. The van der Waals surface area contributed by atoms with Crippen LogP contribution in [-0.2, 0) is 0 Å². The van der Waals surface area contributed by atoms with Crippen molar-refractivity contribution in [2.75, 3.05) is 26.7 Å². The maximum atomic E-state index is 3.61. The van der Waals surface area contributed by atoms with E-state index in [1.54, 1.807) is 0 Å². The first-order valence-corrected chi connectivity index (χ1v) is 6.72. The fraction of sp³-hybridized carbons (Fsp3) is 1.00. The molecule has 0 heterocycles. The molecule has 0 rings (SSSR count). The average Bonchev–Trinajstić information content (AvgIpc) is 2.13. The highest BCUT2D eigenvalue weighted by Gasteiger charge is 2.19. The lowest BCUT2D eigenvalue weighted by Crippen LogP contribution is -2.45. The fourth-order valence-electron chi connectivity index (χ4n) is 2.20. The Morgan fingerprint density at radius 2 is 1.75 bits per heavy atom. The normalized spacial score (nSPS) is 16.5. The Bertz CT molecular complexity index is 172. The minimum absolute atomic E-state index is 0.390. The van der Waals surface area contributed by atoms with E-state index in [-0.39, 0.29) is 0 Å². The first kappa shape index (κ1) is 15.9. The summed E-state index contributed by atoms with van der Waals surface area (Å²) >= 11 is 0. The van der Waals surface area contributed by atoms with Gasteiger partial charge in [-0.15, -0.1) is 0 Å². The SMILES string of the molecule is CCNC(CN(C)CC(C)(C)C)C(C)CC. The number of hydrogen-bond donors (Lipinski definition) is 1. The van der Waals surface area contributed by atoms with Crippen LogP contribution >= 0.6 is 0 Å². The molecule has 0 spiro atoms. The van der Waals surface area contributed by atoms with Crippen LogP contribution in [0.25, 0.3) is 0 Å². The number of nitrogens with one attached hydrogen (secondary N) is 1.